The van der Waals surface area contributed by atoms with Crippen LogP contribution in [0.3, 0.4) is 0 Å². The summed E-state index contributed by atoms with van der Waals surface area (Å²) in [5.74, 6) is -1.01. The largest absolute Gasteiger partial charge is 0.459 e. The second-order valence-electron chi connectivity index (χ2n) is 4.65. The lowest BCUT2D eigenvalue weighted by Gasteiger charge is -2.30. The molecule has 0 aliphatic rings. The van der Waals surface area contributed by atoms with Crippen LogP contribution in [0.5, 0.6) is 0 Å². The fourth-order valence-electron chi connectivity index (χ4n) is 1.20. The molecule has 0 heterocycles. The van der Waals surface area contributed by atoms with Gasteiger partial charge in [-0.3, -0.25) is 9.59 Å². The molecule has 0 aliphatic heterocycles. The molecule has 15 heavy (non-hydrogen) atoms. The van der Waals surface area contributed by atoms with Crippen LogP contribution in [0.4, 0.5) is 0 Å². The van der Waals surface area contributed by atoms with E-state index in [4.69, 9.17) is 4.74 Å². The van der Waals surface area contributed by atoms with Crippen LogP contribution < -0.4 is 0 Å². The number of hydrogen-bond acceptors (Lipinski definition) is 4. The summed E-state index contributed by atoms with van der Waals surface area (Å²) in [5, 5.41) is 9.19. The molecule has 0 amide bonds. The zero-order chi connectivity index (χ0) is 12.3. The van der Waals surface area contributed by atoms with E-state index in [1.165, 1.54) is 6.92 Å². The van der Waals surface area contributed by atoms with Gasteiger partial charge in [-0.15, -0.1) is 0 Å². The molecule has 0 aromatic heterocycles. The number of ketones is 1. The lowest BCUT2D eigenvalue weighted by molar-refractivity contribution is -0.173. The number of esters is 1. The summed E-state index contributed by atoms with van der Waals surface area (Å²) in [7, 11) is 0. The second kappa shape index (κ2) is 4.75. The fraction of sp³-hybridized carbons (Fsp3) is 0.818. The molecule has 0 bridgehead atoms. The molecule has 0 spiro atoms. The van der Waals surface area contributed by atoms with Crippen LogP contribution in [0.15, 0.2) is 0 Å². The predicted octanol–water partition coefficient (Wildman–Crippen LogP) is 1.31. The van der Waals surface area contributed by atoms with E-state index >= 15 is 0 Å². The predicted molar refractivity (Wildman–Crippen MR) is 56.3 cm³/mol. The summed E-state index contributed by atoms with van der Waals surface area (Å²) in [6.45, 7) is 7.65. The Morgan fingerprint density at radius 3 is 1.93 bits per heavy atom. The summed E-state index contributed by atoms with van der Waals surface area (Å²) < 4.78 is 5.13. The average molecular weight is 216 g/mol. The Balaban J connectivity index is 4.95. The number of carbonyl (C=O) groups excluding carboxylic acids is 2. The molecule has 0 aliphatic carbocycles. The number of aliphatic hydroxyl groups is 1. The molecule has 4 nitrogen and oxygen atoms in total. The van der Waals surface area contributed by atoms with E-state index in [9.17, 15) is 14.7 Å². The van der Waals surface area contributed by atoms with Crippen LogP contribution >= 0.6 is 0 Å². The summed E-state index contributed by atoms with van der Waals surface area (Å²) >= 11 is 0. The van der Waals surface area contributed by atoms with Crippen molar-refractivity contribution in [3.8, 4) is 0 Å². The van der Waals surface area contributed by atoms with Gasteiger partial charge < -0.3 is 9.84 Å². The Bertz CT molecular complexity index is 246. The molecule has 0 radical (unpaired) electrons. The van der Waals surface area contributed by atoms with Crippen molar-refractivity contribution < 1.29 is 19.4 Å². The molecule has 0 saturated heterocycles. The molecule has 0 aromatic rings. The van der Waals surface area contributed by atoms with Crippen molar-refractivity contribution in [3.63, 3.8) is 0 Å². The molecular formula is C11H20O4. The monoisotopic (exact) mass is 216 g/mol. The molecule has 0 fully saturated rings. The van der Waals surface area contributed by atoms with Gasteiger partial charge in [-0.2, -0.15) is 0 Å². The molecule has 1 N–H and O–H groups in total. The van der Waals surface area contributed by atoms with Crippen LogP contribution in [0, 0.1) is 5.41 Å². The summed E-state index contributed by atoms with van der Waals surface area (Å²) in [4.78, 5) is 23.2. The minimum atomic E-state index is -1.40. The van der Waals surface area contributed by atoms with Crippen LogP contribution in [-0.4, -0.2) is 29.1 Å². The lowest BCUT2D eigenvalue weighted by Crippen LogP contribution is -2.45. The molecule has 0 unspecified atom stereocenters. The molecule has 0 aromatic carbocycles. The standard InChI is InChI=1S/C11H20O4/c1-6-11(7-12,8(2)13)9(14)15-10(3,4)5/h12H,6-7H2,1-5H3/t11-/m0/s1. The first-order valence-corrected chi connectivity index (χ1v) is 5.05. The van der Waals surface area contributed by atoms with Crippen molar-refractivity contribution in [1.29, 1.82) is 0 Å². The van der Waals surface area contributed by atoms with Gasteiger partial charge in [0.1, 0.15) is 16.8 Å². The summed E-state index contributed by atoms with van der Waals surface area (Å²) in [5.41, 5.74) is -2.05. The van der Waals surface area contributed by atoms with Gasteiger partial charge in [-0.25, -0.2) is 0 Å². The fourth-order valence-corrected chi connectivity index (χ4v) is 1.20. The van der Waals surface area contributed by atoms with E-state index in [1.807, 2.05) is 0 Å². The van der Waals surface area contributed by atoms with Gasteiger partial charge in [0, 0.05) is 0 Å². The molecular weight excluding hydrogens is 196 g/mol. The number of Topliss-reactive ketones (excluding diaryl/α,β-unsaturated/α-hetero) is 1. The molecule has 4 heteroatoms. The van der Waals surface area contributed by atoms with Crippen molar-refractivity contribution in [1.82, 2.24) is 0 Å². The van der Waals surface area contributed by atoms with E-state index in [1.54, 1.807) is 27.7 Å². The first kappa shape index (κ1) is 14.1. The third kappa shape index (κ3) is 3.30. The second-order valence-corrected chi connectivity index (χ2v) is 4.65. The van der Waals surface area contributed by atoms with E-state index < -0.39 is 23.6 Å². The highest BCUT2D eigenvalue weighted by molar-refractivity contribution is 6.02. The smallest absolute Gasteiger partial charge is 0.322 e. The van der Waals surface area contributed by atoms with Crippen molar-refractivity contribution in [2.75, 3.05) is 6.61 Å². The first-order chi connectivity index (χ1) is 6.69. The highest BCUT2D eigenvalue weighted by Crippen LogP contribution is 2.27. The van der Waals surface area contributed by atoms with Crippen LogP contribution in [0.25, 0.3) is 0 Å². The zero-order valence-electron chi connectivity index (χ0n) is 10.1. The Kier molecular flexibility index (Phi) is 4.46. The van der Waals surface area contributed by atoms with E-state index in [0.29, 0.717) is 0 Å². The Labute approximate surface area is 90.6 Å². The molecule has 0 saturated carbocycles. The maximum atomic E-state index is 11.8. The third-order valence-corrected chi connectivity index (χ3v) is 2.34. The Morgan fingerprint density at radius 2 is 1.73 bits per heavy atom. The van der Waals surface area contributed by atoms with E-state index in [0.717, 1.165) is 0 Å². The maximum Gasteiger partial charge on any atom is 0.322 e. The SMILES string of the molecule is CC[C@](CO)(C(C)=O)C(=O)OC(C)(C)C. The van der Waals surface area contributed by atoms with E-state index in [2.05, 4.69) is 0 Å². The van der Waals surface area contributed by atoms with Gasteiger partial charge in [-0.05, 0) is 34.1 Å². The topological polar surface area (TPSA) is 63.6 Å². The van der Waals surface area contributed by atoms with Crippen LogP contribution in [0.1, 0.15) is 41.0 Å². The zero-order valence-corrected chi connectivity index (χ0v) is 10.1. The molecule has 1 atom stereocenters. The Morgan fingerprint density at radius 1 is 1.27 bits per heavy atom. The highest BCUT2D eigenvalue weighted by Gasteiger charge is 2.44. The Hall–Kier alpha value is -0.900. The quantitative estimate of drug-likeness (QED) is 0.568. The first-order valence-electron chi connectivity index (χ1n) is 5.05. The van der Waals surface area contributed by atoms with Gasteiger partial charge in [-0.1, -0.05) is 6.92 Å². The van der Waals surface area contributed by atoms with Crippen molar-refractivity contribution in [2.45, 2.75) is 46.6 Å². The number of rotatable bonds is 4. The van der Waals surface area contributed by atoms with Crippen LogP contribution in [-0.2, 0) is 14.3 Å². The maximum absolute atomic E-state index is 11.8. The number of hydrogen-bond donors (Lipinski definition) is 1. The van der Waals surface area contributed by atoms with Crippen molar-refractivity contribution in [2.24, 2.45) is 5.41 Å². The number of ether oxygens (including phenoxy) is 1. The van der Waals surface area contributed by atoms with Gasteiger partial charge in [0.15, 0.2) is 0 Å². The average Bonchev–Trinajstić information content (AvgIpc) is 2.03. The third-order valence-electron chi connectivity index (χ3n) is 2.34. The minimum Gasteiger partial charge on any atom is -0.459 e. The number of aliphatic hydroxyl groups excluding tert-OH is 1. The van der Waals surface area contributed by atoms with Gasteiger partial charge in [0.25, 0.3) is 0 Å². The van der Waals surface area contributed by atoms with Gasteiger partial charge >= 0.3 is 5.97 Å². The van der Waals surface area contributed by atoms with Gasteiger partial charge in [0.05, 0.1) is 6.61 Å². The highest BCUT2D eigenvalue weighted by atomic mass is 16.6. The van der Waals surface area contributed by atoms with Gasteiger partial charge in [0.2, 0.25) is 0 Å². The summed E-state index contributed by atoms with van der Waals surface area (Å²) in [6.07, 6.45) is 0.244. The van der Waals surface area contributed by atoms with Crippen LogP contribution in [0.2, 0.25) is 0 Å². The normalized spacial score (nSPS) is 15.6. The lowest BCUT2D eigenvalue weighted by atomic mass is 9.82. The van der Waals surface area contributed by atoms with Crippen molar-refractivity contribution >= 4 is 11.8 Å². The molecule has 88 valence electrons. The van der Waals surface area contributed by atoms with Crippen molar-refractivity contribution in [3.05, 3.63) is 0 Å². The van der Waals surface area contributed by atoms with E-state index in [-0.39, 0.29) is 12.2 Å². The minimum absolute atomic E-state index is 0.244. The number of carbonyl (C=O) groups is 2. The molecule has 0 rings (SSSR count). The summed E-state index contributed by atoms with van der Waals surface area (Å²) in [6, 6.07) is 0.